The van der Waals surface area contributed by atoms with Crippen LogP contribution in [0.4, 0.5) is 0 Å². The van der Waals surface area contributed by atoms with Gasteiger partial charge >= 0.3 is 0 Å². The highest BCUT2D eigenvalue weighted by Gasteiger charge is 2.26. The Labute approximate surface area is 155 Å². The molecular formula is C19H20N6S. The van der Waals surface area contributed by atoms with Crippen molar-refractivity contribution in [1.29, 1.82) is 0 Å². The third kappa shape index (κ3) is 2.54. The summed E-state index contributed by atoms with van der Waals surface area (Å²) in [6.45, 7) is 2.05. The van der Waals surface area contributed by atoms with Gasteiger partial charge in [-0.3, -0.25) is 5.10 Å². The predicted octanol–water partition coefficient (Wildman–Crippen LogP) is 4.60. The number of aryl methyl sites for hydroxylation is 1. The highest BCUT2D eigenvalue weighted by molar-refractivity contribution is 7.18. The van der Waals surface area contributed by atoms with Crippen molar-refractivity contribution in [3.63, 3.8) is 0 Å². The molecule has 1 aliphatic carbocycles. The van der Waals surface area contributed by atoms with Crippen LogP contribution in [0.25, 0.3) is 26.8 Å². The van der Waals surface area contributed by atoms with Crippen molar-refractivity contribution in [2.24, 2.45) is 0 Å². The fourth-order valence-electron chi connectivity index (χ4n) is 3.96. The predicted molar refractivity (Wildman–Crippen MR) is 102 cm³/mol. The number of pyridine rings is 1. The molecule has 1 N–H and O–H groups in total. The first-order valence-corrected chi connectivity index (χ1v) is 9.93. The molecule has 0 unspecified atom stereocenters. The van der Waals surface area contributed by atoms with Crippen molar-refractivity contribution in [3.05, 3.63) is 42.1 Å². The maximum atomic E-state index is 5.12. The molecule has 132 valence electrons. The summed E-state index contributed by atoms with van der Waals surface area (Å²) in [6.07, 6.45) is 9.86. The Balaban J connectivity index is 1.69. The molecule has 0 radical (unpaired) electrons. The molecule has 0 aromatic carbocycles. The first-order valence-electron chi connectivity index (χ1n) is 9.12. The zero-order chi connectivity index (χ0) is 17.5. The minimum absolute atomic E-state index is 0.510. The van der Waals surface area contributed by atoms with E-state index in [1.54, 1.807) is 17.7 Å². The van der Waals surface area contributed by atoms with E-state index in [0.717, 1.165) is 32.5 Å². The molecule has 0 atom stereocenters. The Morgan fingerprint density at radius 1 is 1.19 bits per heavy atom. The Bertz CT molecular complexity index is 1040. The summed E-state index contributed by atoms with van der Waals surface area (Å²) in [5.74, 6) is 1.33. The van der Waals surface area contributed by atoms with Crippen LogP contribution in [0.3, 0.4) is 0 Å². The lowest BCUT2D eigenvalue weighted by molar-refractivity contribution is 0.438. The van der Waals surface area contributed by atoms with E-state index >= 15 is 0 Å². The lowest BCUT2D eigenvalue weighted by atomic mass is 9.86. The Hall–Kier alpha value is -2.54. The number of nitrogens with zero attached hydrogens (tertiary/aromatic N) is 5. The first kappa shape index (κ1) is 15.7. The number of nitrogens with one attached hydrogen (secondary N) is 1. The summed E-state index contributed by atoms with van der Waals surface area (Å²) in [6, 6.07) is 6.15. The summed E-state index contributed by atoms with van der Waals surface area (Å²) < 4.78 is 1.93. The topological polar surface area (TPSA) is 71.8 Å². The average Bonchev–Trinajstić information content (AvgIpc) is 3.39. The van der Waals surface area contributed by atoms with Gasteiger partial charge in [0.05, 0.1) is 27.3 Å². The monoisotopic (exact) mass is 364 g/mol. The summed E-state index contributed by atoms with van der Waals surface area (Å²) in [5, 5.41) is 12.8. The fourth-order valence-corrected chi connectivity index (χ4v) is 5.16. The quantitative estimate of drug-likeness (QED) is 0.577. The number of rotatable bonds is 3. The number of hydrogen-bond donors (Lipinski definition) is 1. The number of fused-ring (bicyclic) bond motifs is 1. The second kappa shape index (κ2) is 6.32. The largest absolute Gasteiger partial charge is 0.259 e. The van der Waals surface area contributed by atoms with Gasteiger partial charge in [-0.15, -0.1) is 11.3 Å². The molecule has 0 amide bonds. The Kier molecular flexibility index (Phi) is 3.81. The van der Waals surface area contributed by atoms with Crippen molar-refractivity contribution in [2.75, 3.05) is 0 Å². The van der Waals surface area contributed by atoms with E-state index < -0.39 is 0 Å². The van der Waals surface area contributed by atoms with Crippen LogP contribution in [0.15, 0.2) is 30.7 Å². The lowest BCUT2D eigenvalue weighted by Gasteiger charge is -2.20. The van der Waals surface area contributed by atoms with Gasteiger partial charge in [0.2, 0.25) is 0 Å². The minimum atomic E-state index is 0.510. The van der Waals surface area contributed by atoms with E-state index in [1.165, 1.54) is 37.8 Å². The third-order valence-electron chi connectivity index (χ3n) is 5.20. The Morgan fingerprint density at radius 3 is 2.88 bits per heavy atom. The Morgan fingerprint density at radius 2 is 2.08 bits per heavy atom. The minimum Gasteiger partial charge on any atom is -0.259 e. The van der Waals surface area contributed by atoms with E-state index in [9.17, 15) is 0 Å². The molecular weight excluding hydrogens is 344 g/mol. The van der Waals surface area contributed by atoms with Crippen LogP contribution in [-0.4, -0.2) is 29.8 Å². The van der Waals surface area contributed by atoms with Crippen molar-refractivity contribution < 1.29 is 0 Å². The SMILES string of the molecule is Cc1nn2ccccc2c1-c1nc(C2CCCCC2)c(-c2ncn[nH]2)s1. The first-order chi connectivity index (χ1) is 12.8. The molecule has 4 heterocycles. The van der Waals surface area contributed by atoms with Gasteiger partial charge in [0.25, 0.3) is 0 Å². The van der Waals surface area contributed by atoms with Crippen LogP contribution < -0.4 is 0 Å². The zero-order valence-corrected chi connectivity index (χ0v) is 15.5. The van der Waals surface area contributed by atoms with Gasteiger partial charge in [-0.2, -0.15) is 10.2 Å². The molecule has 0 spiro atoms. The molecule has 26 heavy (non-hydrogen) atoms. The van der Waals surface area contributed by atoms with Gasteiger partial charge in [0, 0.05) is 12.1 Å². The number of aromatic amines is 1. The van der Waals surface area contributed by atoms with E-state index in [1.807, 2.05) is 22.8 Å². The maximum absolute atomic E-state index is 5.12. The van der Waals surface area contributed by atoms with Crippen LogP contribution >= 0.6 is 11.3 Å². The van der Waals surface area contributed by atoms with Gasteiger partial charge in [0.1, 0.15) is 11.3 Å². The van der Waals surface area contributed by atoms with E-state index in [0.29, 0.717) is 5.92 Å². The maximum Gasteiger partial charge on any atom is 0.167 e. The zero-order valence-electron chi connectivity index (χ0n) is 14.6. The van der Waals surface area contributed by atoms with Crippen molar-refractivity contribution >= 4 is 16.9 Å². The van der Waals surface area contributed by atoms with Crippen LogP contribution in [0.2, 0.25) is 0 Å². The third-order valence-corrected chi connectivity index (χ3v) is 6.30. The van der Waals surface area contributed by atoms with E-state index in [4.69, 9.17) is 4.98 Å². The summed E-state index contributed by atoms with van der Waals surface area (Å²) in [4.78, 5) is 10.6. The molecule has 1 fully saturated rings. The fraction of sp³-hybridized carbons (Fsp3) is 0.368. The molecule has 6 nitrogen and oxygen atoms in total. The summed E-state index contributed by atoms with van der Waals surface area (Å²) in [7, 11) is 0. The molecule has 5 rings (SSSR count). The van der Waals surface area contributed by atoms with Gasteiger partial charge in [-0.1, -0.05) is 25.3 Å². The molecule has 1 saturated carbocycles. The molecule has 0 bridgehead atoms. The van der Waals surface area contributed by atoms with E-state index in [-0.39, 0.29) is 0 Å². The molecule has 7 heteroatoms. The van der Waals surface area contributed by atoms with Crippen LogP contribution in [0, 0.1) is 6.92 Å². The van der Waals surface area contributed by atoms with Crippen LogP contribution in [0.1, 0.15) is 49.4 Å². The highest BCUT2D eigenvalue weighted by atomic mass is 32.1. The lowest BCUT2D eigenvalue weighted by Crippen LogP contribution is -2.06. The summed E-state index contributed by atoms with van der Waals surface area (Å²) >= 11 is 1.70. The second-order valence-electron chi connectivity index (χ2n) is 6.89. The molecule has 1 aliphatic rings. The van der Waals surface area contributed by atoms with Crippen molar-refractivity contribution in [1.82, 2.24) is 29.8 Å². The highest BCUT2D eigenvalue weighted by Crippen LogP contribution is 2.43. The second-order valence-corrected chi connectivity index (χ2v) is 7.89. The average molecular weight is 364 g/mol. The van der Waals surface area contributed by atoms with Gasteiger partial charge in [-0.25, -0.2) is 14.5 Å². The van der Waals surface area contributed by atoms with Crippen molar-refractivity contribution in [2.45, 2.75) is 44.9 Å². The number of H-pyrrole nitrogens is 1. The van der Waals surface area contributed by atoms with Crippen molar-refractivity contribution in [3.8, 4) is 21.3 Å². The number of hydrogen-bond acceptors (Lipinski definition) is 5. The van der Waals surface area contributed by atoms with Gasteiger partial charge < -0.3 is 0 Å². The smallest absolute Gasteiger partial charge is 0.167 e. The number of thiazole rings is 1. The number of aromatic nitrogens is 6. The molecule has 4 aromatic heterocycles. The van der Waals surface area contributed by atoms with Crippen LogP contribution in [0.5, 0.6) is 0 Å². The molecule has 0 aliphatic heterocycles. The summed E-state index contributed by atoms with van der Waals surface area (Å²) in [5.41, 5.74) is 4.40. The molecule has 4 aromatic rings. The van der Waals surface area contributed by atoms with E-state index in [2.05, 4.69) is 33.3 Å². The normalized spacial score (nSPS) is 15.7. The van der Waals surface area contributed by atoms with Crippen LogP contribution in [-0.2, 0) is 0 Å². The van der Waals surface area contributed by atoms with Gasteiger partial charge in [0.15, 0.2) is 5.82 Å². The van der Waals surface area contributed by atoms with Gasteiger partial charge in [-0.05, 0) is 31.9 Å². The standard InChI is InChI=1S/C19H20N6S/c1-12-15(14-9-5-6-10-25(14)24-12)19-22-16(13-7-3-2-4-8-13)17(26-19)18-20-11-21-23-18/h5-6,9-11,13H,2-4,7-8H2,1H3,(H,20,21,23). The molecule has 0 saturated heterocycles.